The maximum Gasteiger partial charge on any atom is 0.200 e. The van der Waals surface area contributed by atoms with Crippen LogP contribution in [0.25, 0.3) is 0 Å². The molecular formula is C11H8BrF5O. The van der Waals surface area contributed by atoms with Gasteiger partial charge in [-0.1, -0.05) is 15.9 Å². The number of hydrogen-bond acceptors (Lipinski definition) is 1. The lowest BCUT2D eigenvalue weighted by Crippen LogP contribution is -2.12. The van der Waals surface area contributed by atoms with E-state index in [9.17, 15) is 26.7 Å². The second-order valence-corrected chi connectivity index (χ2v) is 4.31. The maximum atomic E-state index is 13.2. The predicted molar refractivity (Wildman–Crippen MR) is 58.2 cm³/mol. The van der Waals surface area contributed by atoms with E-state index in [1.54, 1.807) is 0 Å². The number of halogens is 6. The van der Waals surface area contributed by atoms with Crippen LogP contribution in [0.5, 0.6) is 0 Å². The number of ketones is 1. The quantitative estimate of drug-likeness (QED) is 0.198. The molecule has 0 saturated carbocycles. The number of rotatable bonds is 5. The molecule has 0 spiro atoms. The number of Topliss-reactive ketones (excluding diaryl/α,β-unsaturated/α-hetero) is 1. The van der Waals surface area contributed by atoms with Gasteiger partial charge in [0.15, 0.2) is 29.1 Å². The van der Waals surface area contributed by atoms with Crippen molar-refractivity contribution >= 4 is 21.7 Å². The molecule has 18 heavy (non-hydrogen) atoms. The fraction of sp³-hybridized carbons (Fsp3) is 0.364. The van der Waals surface area contributed by atoms with E-state index < -0.39 is 40.4 Å². The summed E-state index contributed by atoms with van der Waals surface area (Å²) in [6.45, 7) is 0. The highest BCUT2D eigenvalue weighted by Crippen LogP contribution is 2.24. The zero-order valence-electron chi connectivity index (χ0n) is 9.00. The van der Waals surface area contributed by atoms with Gasteiger partial charge < -0.3 is 0 Å². The number of carbonyl (C=O) groups is 1. The van der Waals surface area contributed by atoms with Gasteiger partial charge in [-0.05, 0) is 12.8 Å². The van der Waals surface area contributed by atoms with Crippen molar-refractivity contribution in [1.82, 2.24) is 0 Å². The van der Waals surface area contributed by atoms with E-state index >= 15 is 0 Å². The number of unbranched alkanes of at least 4 members (excludes halogenated alkanes) is 1. The van der Waals surface area contributed by atoms with Crippen molar-refractivity contribution in [3.63, 3.8) is 0 Å². The SMILES string of the molecule is O=C(CCCCBr)c1c(F)c(F)c(F)c(F)c1F. The van der Waals surface area contributed by atoms with Crippen molar-refractivity contribution < 1.29 is 26.7 Å². The second-order valence-electron chi connectivity index (χ2n) is 3.51. The van der Waals surface area contributed by atoms with Gasteiger partial charge in [-0.25, -0.2) is 22.0 Å². The van der Waals surface area contributed by atoms with E-state index in [0.717, 1.165) is 0 Å². The van der Waals surface area contributed by atoms with Crippen molar-refractivity contribution in [2.75, 3.05) is 5.33 Å². The van der Waals surface area contributed by atoms with Crippen LogP contribution in [0.2, 0.25) is 0 Å². The zero-order chi connectivity index (χ0) is 13.9. The number of benzene rings is 1. The minimum absolute atomic E-state index is 0.274. The molecule has 0 bridgehead atoms. The van der Waals surface area contributed by atoms with Crippen LogP contribution in [-0.4, -0.2) is 11.1 Å². The topological polar surface area (TPSA) is 17.1 Å². The molecule has 0 fully saturated rings. The standard InChI is InChI=1S/C11H8BrF5O/c12-4-2-1-3-5(18)6-7(13)9(15)11(17)10(16)8(6)14/h1-4H2. The fourth-order valence-corrected chi connectivity index (χ4v) is 1.75. The first-order chi connectivity index (χ1) is 8.41. The molecule has 1 rings (SSSR count). The van der Waals surface area contributed by atoms with E-state index in [1.165, 1.54) is 0 Å². The first-order valence-electron chi connectivity index (χ1n) is 5.02. The van der Waals surface area contributed by atoms with Gasteiger partial charge in [0.2, 0.25) is 5.82 Å². The summed E-state index contributed by atoms with van der Waals surface area (Å²) >= 11 is 3.09. The molecule has 0 unspecified atom stereocenters. The Hall–Kier alpha value is -0.980. The minimum Gasteiger partial charge on any atom is -0.294 e. The van der Waals surface area contributed by atoms with E-state index in [0.29, 0.717) is 18.2 Å². The van der Waals surface area contributed by atoms with Gasteiger partial charge in [-0.3, -0.25) is 4.79 Å². The Morgan fingerprint density at radius 2 is 1.28 bits per heavy atom. The van der Waals surface area contributed by atoms with Crippen LogP contribution >= 0.6 is 15.9 Å². The molecule has 7 heteroatoms. The highest BCUT2D eigenvalue weighted by molar-refractivity contribution is 9.09. The van der Waals surface area contributed by atoms with E-state index in [2.05, 4.69) is 15.9 Å². The monoisotopic (exact) mass is 330 g/mol. The fourth-order valence-electron chi connectivity index (χ4n) is 1.35. The second kappa shape index (κ2) is 6.26. The lowest BCUT2D eigenvalue weighted by molar-refractivity contribution is 0.0968. The Labute approximate surface area is 108 Å². The Morgan fingerprint density at radius 3 is 1.72 bits per heavy atom. The highest BCUT2D eigenvalue weighted by atomic mass is 79.9. The van der Waals surface area contributed by atoms with Gasteiger partial charge in [-0.2, -0.15) is 0 Å². The smallest absolute Gasteiger partial charge is 0.200 e. The summed E-state index contributed by atoms with van der Waals surface area (Å²) in [6.07, 6.45) is 0.578. The van der Waals surface area contributed by atoms with Crippen molar-refractivity contribution in [1.29, 1.82) is 0 Å². The summed E-state index contributed by atoms with van der Waals surface area (Å²) in [5.41, 5.74) is -1.36. The average molecular weight is 331 g/mol. The van der Waals surface area contributed by atoms with Crippen LogP contribution < -0.4 is 0 Å². The molecule has 0 amide bonds. The lowest BCUT2D eigenvalue weighted by Gasteiger charge is -2.07. The van der Waals surface area contributed by atoms with Gasteiger partial charge >= 0.3 is 0 Å². The van der Waals surface area contributed by atoms with Crippen LogP contribution in [0.1, 0.15) is 29.6 Å². The third kappa shape index (κ3) is 2.88. The highest BCUT2D eigenvalue weighted by Gasteiger charge is 2.29. The van der Waals surface area contributed by atoms with Gasteiger partial charge in [0.05, 0.1) is 5.56 Å². The Kier molecular flexibility index (Phi) is 5.25. The molecule has 0 aromatic heterocycles. The average Bonchev–Trinajstić information content (AvgIpc) is 2.34. The summed E-state index contributed by atoms with van der Waals surface area (Å²) in [7, 11) is 0. The number of hydrogen-bond donors (Lipinski definition) is 0. The van der Waals surface area contributed by atoms with Crippen molar-refractivity contribution in [3.05, 3.63) is 34.6 Å². The van der Waals surface area contributed by atoms with Crippen LogP contribution in [0.3, 0.4) is 0 Å². The Bertz CT molecular complexity index is 446. The summed E-state index contributed by atoms with van der Waals surface area (Å²) in [6, 6.07) is 0. The van der Waals surface area contributed by atoms with E-state index in [1.807, 2.05) is 0 Å². The zero-order valence-corrected chi connectivity index (χ0v) is 10.6. The number of carbonyl (C=O) groups excluding carboxylic acids is 1. The molecule has 100 valence electrons. The largest absolute Gasteiger partial charge is 0.294 e. The van der Waals surface area contributed by atoms with Crippen LogP contribution in [-0.2, 0) is 0 Å². The number of alkyl halides is 1. The van der Waals surface area contributed by atoms with Gasteiger partial charge in [0.1, 0.15) is 0 Å². The van der Waals surface area contributed by atoms with E-state index in [-0.39, 0.29) is 6.42 Å². The molecule has 0 atom stereocenters. The lowest BCUT2D eigenvalue weighted by atomic mass is 10.0. The summed E-state index contributed by atoms with van der Waals surface area (Å²) in [5.74, 6) is -11.7. The van der Waals surface area contributed by atoms with Gasteiger partial charge in [0.25, 0.3) is 0 Å². The van der Waals surface area contributed by atoms with Gasteiger partial charge in [-0.15, -0.1) is 0 Å². The van der Waals surface area contributed by atoms with Crippen molar-refractivity contribution in [2.45, 2.75) is 19.3 Å². The summed E-state index contributed by atoms with van der Waals surface area (Å²) < 4.78 is 64.8. The summed E-state index contributed by atoms with van der Waals surface area (Å²) in [5, 5.41) is 0.581. The first kappa shape index (κ1) is 15.1. The molecule has 0 aliphatic carbocycles. The van der Waals surface area contributed by atoms with Crippen molar-refractivity contribution in [2.24, 2.45) is 0 Å². The molecule has 0 radical (unpaired) electrons. The third-order valence-corrected chi connectivity index (χ3v) is 2.84. The Morgan fingerprint density at radius 1 is 0.833 bits per heavy atom. The summed E-state index contributed by atoms with van der Waals surface area (Å²) in [4.78, 5) is 11.4. The molecule has 0 heterocycles. The van der Waals surface area contributed by atoms with Crippen LogP contribution in [0.15, 0.2) is 0 Å². The molecule has 1 nitrogen and oxygen atoms in total. The molecule has 0 N–H and O–H groups in total. The maximum absolute atomic E-state index is 13.2. The van der Waals surface area contributed by atoms with E-state index in [4.69, 9.17) is 0 Å². The van der Waals surface area contributed by atoms with Gasteiger partial charge in [0, 0.05) is 11.8 Å². The predicted octanol–water partition coefficient (Wildman–Crippen LogP) is 4.13. The normalized spacial score (nSPS) is 10.8. The first-order valence-corrected chi connectivity index (χ1v) is 6.14. The van der Waals surface area contributed by atoms with Crippen molar-refractivity contribution in [3.8, 4) is 0 Å². The molecule has 0 aliphatic rings. The molecule has 1 aromatic rings. The molecular weight excluding hydrogens is 323 g/mol. The molecule has 1 aromatic carbocycles. The molecule has 0 aliphatic heterocycles. The minimum atomic E-state index is -2.26. The Balaban J connectivity index is 3.13. The van der Waals surface area contributed by atoms with Crippen LogP contribution in [0.4, 0.5) is 22.0 Å². The third-order valence-electron chi connectivity index (χ3n) is 2.28. The molecule has 0 saturated heterocycles. The van der Waals surface area contributed by atoms with Crippen LogP contribution in [0, 0.1) is 29.1 Å².